The third-order valence-corrected chi connectivity index (χ3v) is 4.56. The fourth-order valence-electron chi connectivity index (χ4n) is 1.56. The third kappa shape index (κ3) is 2.72. The highest BCUT2D eigenvalue weighted by molar-refractivity contribution is 9.10. The number of thiophene rings is 1. The topological polar surface area (TPSA) is 30.7 Å². The summed E-state index contributed by atoms with van der Waals surface area (Å²) in [5.74, 6) is 0.905. The lowest BCUT2D eigenvalue weighted by molar-refractivity contribution is 0.510. The van der Waals surface area contributed by atoms with Gasteiger partial charge in [-0.05, 0) is 39.0 Å². The van der Waals surface area contributed by atoms with Crippen molar-refractivity contribution in [1.82, 2.24) is 14.8 Å². The van der Waals surface area contributed by atoms with Crippen molar-refractivity contribution in [3.05, 3.63) is 31.9 Å². The molecule has 0 unspecified atom stereocenters. The molecule has 0 saturated heterocycles. The number of hydrogen-bond acceptors (Lipinski definition) is 3. The van der Waals surface area contributed by atoms with Crippen LogP contribution < -0.4 is 0 Å². The Balaban J connectivity index is 2.39. The van der Waals surface area contributed by atoms with Gasteiger partial charge in [0.05, 0.1) is 6.54 Å². The van der Waals surface area contributed by atoms with Gasteiger partial charge in [-0.25, -0.2) is 0 Å². The molecule has 2 rings (SSSR count). The molecule has 0 spiro atoms. The van der Waals surface area contributed by atoms with Gasteiger partial charge in [0.25, 0.3) is 0 Å². The molecule has 0 radical (unpaired) electrons. The molecule has 0 aliphatic heterocycles. The molecule has 17 heavy (non-hydrogen) atoms. The van der Waals surface area contributed by atoms with E-state index in [9.17, 15) is 0 Å². The molecule has 92 valence electrons. The van der Waals surface area contributed by atoms with E-state index in [1.165, 1.54) is 4.88 Å². The van der Waals surface area contributed by atoms with Crippen molar-refractivity contribution in [1.29, 1.82) is 0 Å². The number of hydrogen-bond donors (Lipinski definition) is 0. The maximum absolute atomic E-state index is 6.10. The predicted octanol–water partition coefficient (Wildman–Crippen LogP) is 4.10. The molecular formula is C11H13BrClN3S. The lowest BCUT2D eigenvalue weighted by atomic mass is 9.96. The molecule has 0 fully saturated rings. The second-order valence-corrected chi connectivity index (χ2v) is 7.01. The molecule has 2 heterocycles. The second-order valence-electron chi connectivity index (χ2n) is 4.82. The Hall–Kier alpha value is -0.390. The number of rotatable bonds is 2. The third-order valence-electron chi connectivity index (χ3n) is 2.37. The smallest absolute Gasteiger partial charge is 0.225 e. The summed E-state index contributed by atoms with van der Waals surface area (Å²) in [6, 6.07) is 2.04. The molecule has 0 aliphatic carbocycles. The van der Waals surface area contributed by atoms with Crippen molar-refractivity contribution in [3.63, 3.8) is 0 Å². The molecule has 0 bridgehead atoms. The van der Waals surface area contributed by atoms with Crippen LogP contribution in [0.2, 0.25) is 5.28 Å². The van der Waals surface area contributed by atoms with Crippen molar-refractivity contribution in [3.8, 4) is 0 Å². The van der Waals surface area contributed by atoms with Crippen LogP contribution >= 0.6 is 38.9 Å². The minimum Gasteiger partial charge on any atom is -0.296 e. The summed E-state index contributed by atoms with van der Waals surface area (Å²) in [5, 5.41) is 10.6. The summed E-state index contributed by atoms with van der Waals surface area (Å²) in [7, 11) is 0. The lowest BCUT2D eigenvalue weighted by Crippen LogP contribution is -2.19. The largest absolute Gasteiger partial charge is 0.296 e. The van der Waals surface area contributed by atoms with Crippen LogP contribution in [0.5, 0.6) is 0 Å². The van der Waals surface area contributed by atoms with E-state index >= 15 is 0 Å². The van der Waals surface area contributed by atoms with Gasteiger partial charge in [0, 0.05) is 14.8 Å². The van der Waals surface area contributed by atoms with E-state index < -0.39 is 0 Å². The number of nitrogens with zero attached hydrogens (tertiary/aromatic N) is 3. The highest BCUT2D eigenvalue weighted by atomic mass is 79.9. The molecule has 0 aliphatic rings. The maximum Gasteiger partial charge on any atom is 0.225 e. The predicted molar refractivity (Wildman–Crippen MR) is 74.9 cm³/mol. The summed E-state index contributed by atoms with van der Waals surface area (Å²) >= 11 is 11.3. The van der Waals surface area contributed by atoms with E-state index in [1.807, 2.05) is 10.6 Å². The number of halogens is 2. The van der Waals surface area contributed by atoms with Gasteiger partial charge in [0.2, 0.25) is 5.28 Å². The van der Waals surface area contributed by atoms with Gasteiger partial charge in [-0.15, -0.1) is 21.5 Å². The van der Waals surface area contributed by atoms with Crippen LogP contribution in [-0.4, -0.2) is 14.8 Å². The fraction of sp³-hybridized carbons (Fsp3) is 0.455. The number of aromatic nitrogens is 3. The molecule has 3 nitrogen and oxygen atoms in total. The first-order valence-electron chi connectivity index (χ1n) is 5.20. The molecule has 6 heteroatoms. The first-order valence-corrected chi connectivity index (χ1v) is 7.25. The van der Waals surface area contributed by atoms with Gasteiger partial charge in [-0.3, -0.25) is 4.57 Å². The summed E-state index contributed by atoms with van der Waals surface area (Å²) in [6.07, 6.45) is 0. The average Bonchev–Trinajstić information content (AvgIpc) is 2.75. The Morgan fingerprint density at radius 1 is 1.41 bits per heavy atom. The Morgan fingerprint density at radius 2 is 2.12 bits per heavy atom. The Bertz CT molecular complexity index is 527. The molecule has 0 amide bonds. The zero-order valence-electron chi connectivity index (χ0n) is 9.87. The first kappa shape index (κ1) is 13.1. The highest BCUT2D eigenvalue weighted by Gasteiger charge is 2.23. The fourth-order valence-corrected chi connectivity index (χ4v) is 3.20. The molecular weight excluding hydrogens is 322 g/mol. The Kier molecular flexibility index (Phi) is 3.61. The van der Waals surface area contributed by atoms with Crippen molar-refractivity contribution < 1.29 is 0 Å². The van der Waals surface area contributed by atoms with E-state index in [-0.39, 0.29) is 5.41 Å². The van der Waals surface area contributed by atoms with Crippen LogP contribution in [0, 0.1) is 0 Å². The van der Waals surface area contributed by atoms with E-state index in [1.54, 1.807) is 11.3 Å². The van der Waals surface area contributed by atoms with Gasteiger partial charge in [-0.1, -0.05) is 20.8 Å². The van der Waals surface area contributed by atoms with Gasteiger partial charge in [0.15, 0.2) is 0 Å². The molecule has 2 aromatic heterocycles. The van der Waals surface area contributed by atoms with Crippen molar-refractivity contribution in [2.75, 3.05) is 0 Å². The molecule has 0 saturated carbocycles. The van der Waals surface area contributed by atoms with Crippen molar-refractivity contribution in [2.45, 2.75) is 32.7 Å². The van der Waals surface area contributed by atoms with Crippen LogP contribution in [-0.2, 0) is 12.0 Å². The summed E-state index contributed by atoms with van der Waals surface area (Å²) in [5.41, 5.74) is -0.0656. The Labute approximate surface area is 118 Å². The molecule has 0 N–H and O–H groups in total. The normalized spacial score (nSPS) is 12.1. The zero-order chi connectivity index (χ0) is 12.6. The Morgan fingerprint density at radius 3 is 2.65 bits per heavy atom. The van der Waals surface area contributed by atoms with E-state index in [2.05, 4.69) is 52.3 Å². The quantitative estimate of drug-likeness (QED) is 0.828. The summed E-state index contributed by atoms with van der Waals surface area (Å²) < 4.78 is 3.06. The van der Waals surface area contributed by atoms with Crippen LogP contribution in [0.4, 0.5) is 0 Å². The summed E-state index contributed by atoms with van der Waals surface area (Å²) in [6.45, 7) is 7.02. The molecule has 2 aromatic rings. The SMILES string of the molecule is CC(C)(C)c1nnc(Cl)n1Cc1sccc1Br. The van der Waals surface area contributed by atoms with E-state index in [0.29, 0.717) is 11.8 Å². The van der Waals surface area contributed by atoms with Crippen LogP contribution in [0.3, 0.4) is 0 Å². The second kappa shape index (κ2) is 4.71. The van der Waals surface area contributed by atoms with Crippen LogP contribution in [0.25, 0.3) is 0 Å². The molecule has 0 aromatic carbocycles. The van der Waals surface area contributed by atoms with Crippen LogP contribution in [0.15, 0.2) is 15.9 Å². The average molecular weight is 335 g/mol. The van der Waals surface area contributed by atoms with Crippen molar-refractivity contribution in [2.24, 2.45) is 0 Å². The zero-order valence-corrected chi connectivity index (χ0v) is 13.0. The first-order chi connectivity index (χ1) is 7.89. The standard InChI is InChI=1S/C11H13BrClN3S/c1-11(2,3)9-14-15-10(13)16(9)6-8-7(12)4-5-17-8/h4-5H,6H2,1-3H3. The summed E-state index contributed by atoms with van der Waals surface area (Å²) in [4.78, 5) is 1.22. The van der Waals surface area contributed by atoms with Gasteiger partial charge < -0.3 is 0 Å². The maximum atomic E-state index is 6.10. The van der Waals surface area contributed by atoms with Crippen molar-refractivity contribution >= 4 is 38.9 Å². The lowest BCUT2D eigenvalue weighted by Gasteiger charge is -2.18. The minimum absolute atomic E-state index is 0.0656. The highest BCUT2D eigenvalue weighted by Crippen LogP contribution is 2.28. The van der Waals surface area contributed by atoms with E-state index in [4.69, 9.17) is 11.6 Å². The molecule has 0 atom stereocenters. The monoisotopic (exact) mass is 333 g/mol. The minimum atomic E-state index is -0.0656. The van der Waals surface area contributed by atoms with Crippen LogP contribution in [0.1, 0.15) is 31.5 Å². The van der Waals surface area contributed by atoms with Gasteiger partial charge >= 0.3 is 0 Å². The van der Waals surface area contributed by atoms with Gasteiger partial charge in [0.1, 0.15) is 5.82 Å². The van der Waals surface area contributed by atoms with E-state index in [0.717, 1.165) is 10.3 Å². The van der Waals surface area contributed by atoms with Gasteiger partial charge in [-0.2, -0.15) is 0 Å².